The molecule has 0 aliphatic carbocycles. The molecule has 2 aromatic carbocycles. The van der Waals surface area contributed by atoms with Crippen molar-refractivity contribution in [3.8, 4) is 0 Å². The maximum atomic E-state index is 14.0. The van der Waals surface area contributed by atoms with Gasteiger partial charge in [-0.3, -0.25) is 4.79 Å². The molecule has 1 fully saturated rings. The quantitative estimate of drug-likeness (QED) is 0.623. The first-order valence-electron chi connectivity index (χ1n) is 9.50. The van der Waals surface area contributed by atoms with Crippen LogP contribution in [0.25, 0.3) is 0 Å². The number of benzene rings is 2. The van der Waals surface area contributed by atoms with Crippen molar-refractivity contribution in [1.82, 2.24) is 14.5 Å². The minimum Gasteiger partial charge on any atom is -0.317 e. The van der Waals surface area contributed by atoms with Crippen LogP contribution in [0.5, 0.6) is 0 Å². The van der Waals surface area contributed by atoms with Crippen molar-refractivity contribution in [2.45, 2.75) is 23.7 Å². The monoisotopic (exact) mass is 464 g/mol. The van der Waals surface area contributed by atoms with Gasteiger partial charge in [0, 0.05) is 19.0 Å². The van der Waals surface area contributed by atoms with Gasteiger partial charge in [-0.05, 0) is 37.1 Å². The summed E-state index contributed by atoms with van der Waals surface area (Å²) >= 11 is 1.10. The van der Waals surface area contributed by atoms with Crippen LogP contribution in [-0.2, 0) is 10.0 Å². The highest BCUT2D eigenvalue weighted by atomic mass is 32.2. The fourth-order valence-electron chi connectivity index (χ4n) is 3.37. The number of amides is 1. The van der Waals surface area contributed by atoms with Crippen molar-refractivity contribution >= 4 is 33.0 Å². The van der Waals surface area contributed by atoms with E-state index >= 15 is 0 Å². The summed E-state index contributed by atoms with van der Waals surface area (Å²) in [6.07, 6.45) is 0.939. The molecule has 0 atom stereocenters. The zero-order chi connectivity index (χ0) is 22.0. The van der Waals surface area contributed by atoms with Gasteiger partial charge >= 0.3 is 0 Å². The standard InChI is InChI=1S/C20H18F2N4O3S2/c21-14-5-1-3-7-16(14)23-18(27)20-25-24-19(30-20)13-9-11-26(12-10-13)31(28,29)17-8-4-2-6-15(17)22/h1-8,13H,9-12H2,(H,23,27). The lowest BCUT2D eigenvalue weighted by atomic mass is 9.99. The second-order valence-corrected chi connectivity index (χ2v) is 9.90. The molecule has 0 unspecified atom stereocenters. The molecule has 31 heavy (non-hydrogen) atoms. The van der Waals surface area contributed by atoms with Gasteiger partial charge in [-0.15, -0.1) is 10.2 Å². The summed E-state index contributed by atoms with van der Waals surface area (Å²) in [4.78, 5) is 12.0. The maximum absolute atomic E-state index is 14.0. The van der Waals surface area contributed by atoms with E-state index in [1.807, 2.05) is 0 Å². The molecule has 1 N–H and O–H groups in total. The Kier molecular flexibility index (Phi) is 6.08. The summed E-state index contributed by atoms with van der Waals surface area (Å²) in [7, 11) is -3.92. The van der Waals surface area contributed by atoms with E-state index in [0.717, 1.165) is 17.4 Å². The lowest BCUT2D eigenvalue weighted by Gasteiger charge is -2.30. The predicted molar refractivity (Wildman–Crippen MR) is 111 cm³/mol. The number of para-hydroxylation sites is 1. The number of hydrogen-bond donors (Lipinski definition) is 1. The average Bonchev–Trinajstić information content (AvgIpc) is 3.26. The summed E-state index contributed by atoms with van der Waals surface area (Å²) in [6.45, 7) is 0.412. The van der Waals surface area contributed by atoms with Crippen LogP contribution in [0.2, 0.25) is 0 Å². The van der Waals surface area contributed by atoms with Gasteiger partial charge in [0.1, 0.15) is 21.5 Å². The third-order valence-corrected chi connectivity index (χ3v) is 8.03. The minimum atomic E-state index is -3.92. The van der Waals surface area contributed by atoms with Crippen molar-refractivity contribution in [3.63, 3.8) is 0 Å². The van der Waals surface area contributed by atoms with Gasteiger partial charge in [0.05, 0.1) is 5.69 Å². The molecule has 0 radical (unpaired) electrons. The number of piperidine rings is 1. The third kappa shape index (κ3) is 4.48. The first-order chi connectivity index (χ1) is 14.9. The Balaban J connectivity index is 1.41. The molecule has 0 saturated carbocycles. The van der Waals surface area contributed by atoms with Crippen molar-refractivity contribution in [2.75, 3.05) is 18.4 Å². The number of nitrogens with one attached hydrogen (secondary N) is 1. The van der Waals surface area contributed by atoms with Gasteiger partial charge in [-0.2, -0.15) is 4.31 Å². The molecule has 1 aromatic heterocycles. The van der Waals surface area contributed by atoms with E-state index in [-0.39, 0.29) is 34.6 Å². The zero-order valence-corrected chi connectivity index (χ0v) is 17.8. The zero-order valence-electron chi connectivity index (χ0n) is 16.2. The number of aromatic nitrogens is 2. The van der Waals surface area contributed by atoms with Gasteiger partial charge in [0.15, 0.2) is 0 Å². The van der Waals surface area contributed by atoms with E-state index in [9.17, 15) is 22.0 Å². The summed E-state index contributed by atoms with van der Waals surface area (Å²) in [5.41, 5.74) is 0.0518. The molecule has 2 heterocycles. The summed E-state index contributed by atoms with van der Waals surface area (Å²) in [6, 6.07) is 11.1. The molecular weight excluding hydrogens is 446 g/mol. The topological polar surface area (TPSA) is 92.3 Å². The number of carbonyl (C=O) groups excluding carboxylic acids is 1. The molecule has 1 saturated heterocycles. The molecule has 4 rings (SSSR count). The summed E-state index contributed by atoms with van der Waals surface area (Å²) in [5.74, 6) is -1.96. The highest BCUT2D eigenvalue weighted by Crippen LogP contribution is 2.33. The van der Waals surface area contributed by atoms with E-state index in [2.05, 4.69) is 15.5 Å². The number of hydrogen-bond acceptors (Lipinski definition) is 6. The SMILES string of the molecule is O=C(Nc1ccccc1F)c1nnc(C2CCN(S(=O)(=O)c3ccccc3F)CC2)s1. The maximum Gasteiger partial charge on any atom is 0.286 e. The van der Waals surface area contributed by atoms with E-state index in [0.29, 0.717) is 17.8 Å². The predicted octanol–water partition coefficient (Wildman–Crippen LogP) is 3.64. The van der Waals surface area contributed by atoms with Crippen LogP contribution in [0, 0.1) is 11.6 Å². The van der Waals surface area contributed by atoms with Gasteiger partial charge in [-0.25, -0.2) is 17.2 Å². The van der Waals surface area contributed by atoms with Crippen molar-refractivity contribution in [3.05, 3.63) is 70.2 Å². The second-order valence-electron chi connectivity index (χ2n) is 6.99. The van der Waals surface area contributed by atoms with E-state index in [1.54, 1.807) is 6.07 Å². The number of halogens is 2. The van der Waals surface area contributed by atoms with Crippen LogP contribution in [0.1, 0.15) is 33.6 Å². The first kappa shape index (κ1) is 21.5. The Labute approximate surface area is 181 Å². The van der Waals surface area contributed by atoms with Crippen molar-refractivity contribution in [2.24, 2.45) is 0 Å². The van der Waals surface area contributed by atoms with Crippen molar-refractivity contribution < 1.29 is 22.0 Å². The number of carbonyl (C=O) groups is 1. The molecule has 0 spiro atoms. The van der Waals surface area contributed by atoms with Crippen LogP contribution < -0.4 is 5.32 Å². The highest BCUT2D eigenvalue weighted by Gasteiger charge is 2.33. The lowest BCUT2D eigenvalue weighted by Crippen LogP contribution is -2.38. The van der Waals surface area contributed by atoms with E-state index < -0.39 is 27.6 Å². The third-order valence-electron chi connectivity index (χ3n) is 5.01. The Morgan fingerprint density at radius 2 is 1.65 bits per heavy atom. The van der Waals surface area contributed by atoms with E-state index in [4.69, 9.17) is 0 Å². The second kappa shape index (κ2) is 8.77. The van der Waals surface area contributed by atoms with Gasteiger partial charge in [-0.1, -0.05) is 35.6 Å². The molecule has 0 bridgehead atoms. The van der Waals surface area contributed by atoms with Crippen molar-refractivity contribution in [1.29, 1.82) is 0 Å². The highest BCUT2D eigenvalue weighted by molar-refractivity contribution is 7.89. The molecule has 1 aliphatic heterocycles. The molecule has 162 valence electrons. The van der Waals surface area contributed by atoms with Crippen LogP contribution in [-0.4, -0.2) is 41.9 Å². The Hall–Kier alpha value is -2.76. The van der Waals surface area contributed by atoms with Crippen LogP contribution in [0.4, 0.5) is 14.5 Å². The number of sulfonamides is 1. The summed E-state index contributed by atoms with van der Waals surface area (Å²) < 4.78 is 54.4. The average molecular weight is 465 g/mol. The number of rotatable bonds is 5. The normalized spacial score (nSPS) is 15.7. The fraction of sp³-hybridized carbons (Fsp3) is 0.250. The van der Waals surface area contributed by atoms with Gasteiger partial charge in [0.25, 0.3) is 5.91 Å². The largest absolute Gasteiger partial charge is 0.317 e. The summed E-state index contributed by atoms with van der Waals surface area (Å²) in [5, 5.41) is 11.1. The molecule has 1 aliphatic rings. The molecule has 7 nitrogen and oxygen atoms in total. The number of anilines is 1. The molecule has 1 amide bonds. The number of nitrogens with zero attached hydrogens (tertiary/aromatic N) is 3. The first-order valence-corrected chi connectivity index (χ1v) is 11.8. The fourth-order valence-corrected chi connectivity index (χ4v) is 5.81. The smallest absolute Gasteiger partial charge is 0.286 e. The van der Waals surface area contributed by atoms with Gasteiger partial charge < -0.3 is 5.32 Å². The Bertz CT molecular complexity index is 1210. The lowest BCUT2D eigenvalue weighted by molar-refractivity contribution is 0.102. The minimum absolute atomic E-state index is 0.0518. The van der Waals surface area contributed by atoms with Crippen LogP contribution in [0.15, 0.2) is 53.4 Å². The van der Waals surface area contributed by atoms with E-state index in [1.165, 1.54) is 40.7 Å². The van der Waals surface area contributed by atoms with Crippen LogP contribution in [0.3, 0.4) is 0 Å². The van der Waals surface area contributed by atoms with Crippen LogP contribution >= 0.6 is 11.3 Å². The Morgan fingerprint density at radius 3 is 2.32 bits per heavy atom. The molecule has 3 aromatic rings. The Morgan fingerprint density at radius 1 is 1.00 bits per heavy atom. The van der Waals surface area contributed by atoms with Gasteiger partial charge in [0.2, 0.25) is 15.0 Å². The molecule has 11 heteroatoms. The molecular formula is C20H18F2N4O3S2.